The van der Waals surface area contributed by atoms with Crippen LogP contribution >= 0.6 is 36.7 Å². The van der Waals surface area contributed by atoms with Crippen molar-refractivity contribution in [2.75, 3.05) is 16.0 Å². The van der Waals surface area contributed by atoms with Gasteiger partial charge in [0.25, 0.3) is 0 Å². The van der Waals surface area contributed by atoms with Gasteiger partial charge in [-0.3, -0.25) is 0 Å². The van der Waals surface area contributed by atoms with Gasteiger partial charge in [-0.05, 0) is 36.4 Å². The number of thiocarbonyl (C=S) groups is 3. The van der Waals surface area contributed by atoms with Crippen LogP contribution in [0.5, 0.6) is 0 Å². The second-order valence-electron chi connectivity index (χ2n) is 5.34. The minimum Gasteiger partial charge on any atom is -0.411 e. The van der Waals surface area contributed by atoms with Crippen LogP contribution in [0.4, 0.5) is 17.1 Å². The fourth-order valence-electron chi connectivity index (χ4n) is 1.92. The van der Waals surface area contributed by atoms with Crippen LogP contribution in [-0.2, 0) is 37.9 Å². The topological polar surface area (TPSA) is 36.1 Å². The molecule has 0 bridgehead atoms. The Kier molecular flexibility index (Phi) is 17.3. The van der Waals surface area contributed by atoms with Crippen molar-refractivity contribution in [3.63, 3.8) is 0 Å². The van der Waals surface area contributed by atoms with Crippen LogP contribution < -0.4 is 16.0 Å². The fraction of sp³-hybridized carbons (Fsp3) is 0. The van der Waals surface area contributed by atoms with Gasteiger partial charge in [0, 0.05) is 17.1 Å². The van der Waals surface area contributed by atoms with E-state index in [0.29, 0.717) is 13.0 Å². The molecule has 3 rings (SSSR count). The maximum atomic E-state index is 4.68. The first-order chi connectivity index (χ1) is 14.4. The number of hydrogen-bond acceptors (Lipinski definition) is 6. The first-order valence-electron chi connectivity index (χ1n) is 8.46. The zero-order valence-corrected chi connectivity index (χ0v) is 22.2. The third-order valence-corrected chi connectivity index (χ3v) is 3.67. The Bertz CT molecular complexity index is 790. The van der Waals surface area contributed by atoms with Gasteiger partial charge in [-0.15, -0.1) is 0 Å². The Hall–Kier alpha value is -1.48. The molecule has 10 heteroatoms. The number of anilines is 3. The Morgan fingerprint density at radius 2 is 0.645 bits per heavy atom. The summed E-state index contributed by atoms with van der Waals surface area (Å²) in [6.45, 7) is 0. The maximum absolute atomic E-state index is 4.68. The first kappa shape index (κ1) is 29.5. The average molecular weight is 532 g/mol. The van der Waals surface area contributed by atoms with Gasteiger partial charge in [-0.1, -0.05) is 67.6 Å². The molecule has 3 aromatic rings. The molecule has 0 unspecified atom stereocenters. The third kappa shape index (κ3) is 16.8. The van der Waals surface area contributed by atoms with Crippen molar-refractivity contribution in [2.45, 2.75) is 0 Å². The Morgan fingerprint density at radius 3 is 0.806 bits per heavy atom. The Morgan fingerprint density at radius 1 is 0.452 bits per heavy atom. The van der Waals surface area contributed by atoms with Crippen molar-refractivity contribution in [3.05, 3.63) is 91.0 Å². The molecule has 0 heterocycles. The smallest absolute Gasteiger partial charge is 0.411 e. The molecule has 3 N–H and O–H groups in total. The summed E-state index contributed by atoms with van der Waals surface area (Å²) in [5.74, 6) is 0. The Labute approximate surface area is 227 Å². The van der Waals surface area contributed by atoms with E-state index in [-0.39, 0.29) is 17.4 Å². The molecule has 0 aliphatic carbocycles. The van der Waals surface area contributed by atoms with E-state index >= 15 is 0 Å². The quantitative estimate of drug-likeness (QED) is 0.234. The number of benzene rings is 3. The maximum Gasteiger partial charge on any atom is 3.00 e. The fourth-order valence-corrected chi connectivity index (χ4v) is 2.63. The molecule has 0 aromatic heterocycles. The number of hydrogen-bond donors (Lipinski definition) is 3. The van der Waals surface area contributed by atoms with Gasteiger partial charge in [0.1, 0.15) is 0 Å². The van der Waals surface area contributed by atoms with Gasteiger partial charge >= 0.3 is 17.4 Å². The summed E-state index contributed by atoms with van der Waals surface area (Å²) in [5.41, 5.74) is 2.84. The molecule has 0 fully saturated rings. The molecule has 0 radical (unpaired) electrons. The molecule has 0 saturated carbocycles. The number of rotatable bonds is 3. The van der Waals surface area contributed by atoms with E-state index in [9.17, 15) is 0 Å². The van der Waals surface area contributed by atoms with Crippen LogP contribution in [0.2, 0.25) is 0 Å². The third-order valence-electron chi connectivity index (χ3n) is 3.06. The van der Waals surface area contributed by atoms with Crippen molar-refractivity contribution >= 4 is 122 Å². The molecule has 0 saturated heterocycles. The molecule has 156 valence electrons. The largest absolute Gasteiger partial charge is 3.00 e. The monoisotopic (exact) mass is 531 g/mol. The van der Waals surface area contributed by atoms with Crippen LogP contribution in [0.3, 0.4) is 0 Å². The van der Waals surface area contributed by atoms with Gasteiger partial charge in [0.15, 0.2) is 0 Å². The van der Waals surface area contributed by atoms with Crippen molar-refractivity contribution < 1.29 is 0 Å². The molecular weight excluding hydrogens is 514 g/mol. The van der Waals surface area contributed by atoms with E-state index in [4.69, 9.17) is 0 Å². The van der Waals surface area contributed by atoms with Crippen LogP contribution in [-0.4, -0.2) is 30.3 Å². The van der Waals surface area contributed by atoms with E-state index in [1.807, 2.05) is 91.0 Å². The van der Waals surface area contributed by atoms with E-state index < -0.39 is 0 Å². The minimum absolute atomic E-state index is 0. The van der Waals surface area contributed by atoms with Gasteiger partial charge in [0.2, 0.25) is 0 Å². The molecule has 3 aromatic carbocycles. The second kappa shape index (κ2) is 18.1. The second-order valence-corrected chi connectivity index (χ2v) is 8.56. The summed E-state index contributed by atoms with van der Waals surface area (Å²) in [6.07, 6.45) is 0. The SMILES string of the molecule is S=C([S-])Nc1ccccc1.S=C([S-])Nc1ccccc1.S=C([S-])Nc1ccccc1.[Al+3]. The molecule has 3 nitrogen and oxygen atoms in total. The first-order valence-corrected chi connectivity index (χ1v) is 10.9. The number of nitrogens with one attached hydrogen (secondary N) is 3. The summed E-state index contributed by atoms with van der Waals surface area (Å²) >= 11 is 28.1. The van der Waals surface area contributed by atoms with Crippen molar-refractivity contribution in [1.82, 2.24) is 0 Å². The summed E-state index contributed by atoms with van der Waals surface area (Å²) < 4.78 is 1.14. The summed E-state index contributed by atoms with van der Waals surface area (Å²) in [4.78, 5) is 0. The zero-order valence-electron chi connectivity index (χ0n) is 16.2. The number of para-hydroxylation sites is 3. The van der Waals surface area contributed by atoms with Crippen LogP contribution in [0.1, 0.15) is 0 Å². The summed E-state index contributed by atoms with van der Waals surface area (Å²) in [5, 5.41) is 8.55. The van der Waals surface area contributed by atoms with Gasteiger partial charge in [0.05, 0.1) is 0 Å². The van der Waals surface area contributed by atoms with E-state index in [1.54, 1.807) is 0 Å². The molecule has 31 heavy (non-hydrogen) atoms. The standard InChI is InChI=1S/3C7H7NS2.Al/c3*9-7(10)8-6-4-2-1-3-5-6;/h3*1-5H,(H2,8,9,10);/q;;;+3/p-3. The molecule has 0 spiro atoms. The van der Waals surface area contributed by atoms with Gasteiger partial charge in [-0.2, -0.15) is 0 Å². The molecular formula is C21H18AlN3S6. The van der Waals surface area contributed by atoms with E-state index in [1.165, 1.54) is 0 Å². The van der Waals surface area contributed by atoms with Crippen LogP contribution in [0.25, 0.3) is 0 Å². The van der Waals surface area contributed by atoms with Crippen LogP contribution in [0, 0.1) is 0 Å². The van der Waals surface area contributed by atoms with Gasteiger partial charge < -0.3 is 90.5 Å². The van der Waals surface area contributed by atoms with E-state index in [0.717, 1.165) is 17.1 Å². The van der Waals surface area contributed by atoms with Crippen molar-refractivity contribution in [2.24, 2.45) is 0 Å². The molecule has 0 atom stereocenters. The summed E-state index contributed by atoms with van der Waals surface area (Å²) in [7, 11) is 0. The van der Waals surface area contributed by atoms with Gasteiger partial charge in [-0.25, -0.2) is 0 Å². The predicted molar refractivity (Wildman–Crippen MR) is 156 cm³/mol. The molecule has 0 aliphatic heterocycles. The predicted octanol–water partition coefficient (Wildman–Crippen LogP) is 5.41. The summed E-state index contributed by atoms with van der Waals surface area (Å²) in [6, 6.07) is 28.9. The molecule has 0 amide bonds. The average Bonchev–Trinajstić information content (AvgIpc) is 2.70. The van der Waals surface area contributed by atoms with Crippen LogP contribution in [0.15, 0.2) is 91.0 Å². The minimum atomic E-state index is 0. The normalized spacial score (nSPS) is 8.52. The van der Waals surface area contributed by atoms with Crippen molar-refractivity contribution in [1.29, 1.82) is 0 Å². The van der Waals surface area contributed by atoms with Crippen molar-refractivity contribution in [3.8, 4) is 0 Å². The molecule has 0 aliphatic rings. The zero-order chi connectivity index (χ0) is 22.2. The Balaban J connectivity index is 0.000000429. The van der Waals surface area contributed by atoms with E-state index in [2.05, 4.69) is 90.5 Å².